The number of rotatable bonds is 12. The van der Waals surface area contributed by atoms with Gasteiger partial charge in [-0.1, -0.05) is 33.1 Å². The molecule has 0 saturated heterocycles. The van der Waals surface area contributed by atoms with Gasteiger partial charge in [-0.2, -0.15) is 0 Å². The van der Waals surface area contributed by atoms with E-state index in [0.717, 1.165) is 25.7 Å². The third-order valence-corrected chi connectivity index (χ3v) is 3.20. The summed E-state index contributed by atoms with van der Waals surface area (Å²) in [6.45, 7) is 4.16. The van der Waals surface area contributed by atoms with Crippen molar-refractivity contribution in [2.75, 3.05) is 13.1 Å². The molecule has 0 spiro atoms. The van der Waals surface area contributed by atoms with E-state index < -0.39 is 12.1 Å². The molecule has 0 fully saturated rings. The van der Waals surface area contributed by atoms with Crippen LogP contribution in [0.5, 0.6) is 0 Å². The van der Waals surface area contributed by atoms with E-state index in [-0.39, 0.29) is 18.9 Å². The van der Waals surface area contributed by atoms with Gasteiger partial charge in [-0.15, -0.1) is 0 Å². The van der Waals surface area contributed by atoms with Gasteiger partial charge in [0.25, 0.3) is 0 Å². The topological polar surface area (TPSA) is 57.6 Å². The lowest BCUT2D eigenvalue weighted by Crippen LogP contribution is -2.36. The monoisotopic (exact) mass is 289 g/mol. The van der Waals surface area contributed by atoms with Gasteiger partial charge in [0.15, 0.2) is 0 Å². The first kappa shape index (κ1) is 18.9. The van der Waals surface area contributed by atoms with Crippen LogP contribution in [0, 0.1) is 0 Å². The number of carboxylic acid groups (broad SMARTS) is 1. The van der Waals surface area contributed by atoms with Crippen LogP contribution in [0.3, 0.4) is 0 Å². The number of carbonyl (C=O) groups is 2. The Morgan fingerprint density at radius 2 is 1.75 bits per heavy atom. The zero-order valence-electron chi connectivity index (χ0n) is 12.7. The lowest BCUT2D eigenvalue weighted by Gasteiger charge is -2.20. The first-order valence-corrected chi connectivity index (χ1v) is 7.64. The molecule has 0 aliphatic rings. The summed E-state index contributed by atoms with van der Waals surface area (Å²) in [6, 6.07) is 0. The Kier molecular flexibility index (Phi) is 11.0. The Bertz CT molecular complexity index is 284. The molecule has 0 aliphatic heterocycles. The van der Waals surface area contributed by atoms with E-state index in [1.165, 1.54) is 4.90 Å². The van der Waals surface area contributed by atoms with Gasteiger partial charge >= 0.3 is 5.97 Å². The Morgan fingerprint density at radius 3 is 2.30 bits per heavy atom. The van der Waals surface area contributed by atoms with Gasteiger partial charge in [-0.3, -0.25) is 9.59 Å². The number of carbonyl (C=O) groups excluding carboxylic acids is 1. The van der Waals surface area contributed by atoms with Gasteiger partial charge in [0.2, 0.25) is 5.91 Å². The fourth-order valence-electron chi connectivity index (χ4n) is 2.12. The molecule has 4 nitrogen and oxygen atoms in total. The van der Waals surface area contributed by atoms with Crippen LogP contribution in [0.4, 0.5) is 4.39 Å². The summed E-state index contributed by atoms with van der Waals surface area (Å²) in [5.41, 5.74) is 0. The molecule has 1 N–H and O–H groups in total. The summed E-state index contributed by atoms with van der Waals surface area (Å²) < 4.78 is 13.5. The number of carboxylic acids is 1. The molecule has 1 atom stereocenters. The predicted octanol–water partition coefficient (Wildman–Crippen LogP) is 3.40. The predicted molar refractivity (Wildman–Crippen MR) is 77.4 cm³/mol. The number of hydrogen-bond donors (Lipinski definition) is 1. The largest absolute Gasteiger partial charge is 0.480 e. The SMILES string of the molecule is CCCCCC(F)CCCC(=O)N(CCC)CC(=O)O. The highest BCUT2D eigenvalue weighted by molar-refractivity contribution is 5.81. The molecule has 0 bridgehead atoms. The zero-order chi connectivity index (χ0) is 15.4. The van der Waals surface area contributed by atoms with Crippen molar-refractivity contribution in [2.45, 2.75) is 71.4 Å². The van der Waals surface area contributed by atoms with Crippen molar-refractivity contribution in [3.05, 3.63) is 0 Å². The minimum absolute atomic E-state index is 0.185. The molecule has 0 saturated carbocycles. The minimum atomic E-state index is -1.00. The quantitative estimate of drug-likeness (QED) is 0.560. The molecule has 0 radical (unpaired) electrons. The molecule has 0 aromatic rings. The summed E-state index contributed by atoms with van der Waals surface area (Å²) in [7, 11) is 0. The number of unbranched alkanes of at least 4 members (excludes halogenated alkanes) is 2. The summed E-state index contributed by atoms with van der Waals surface area (Å²) in [5, 5.41) is 8.74. The van der Waals surface area contributed by atoms with Crippen LogP contribution in [-0.4, -0.2) is 41.1 Å². The van der Waals surface area contributed by atoms with Gasteiger partial charge in [0.1, 0.15) is 12.7 Å². The van der Waals surface area contributed by atoms with Crippen LogP contribution in [-0.2, 0) is 9.59 Å². The standard InChI is InChI=1S/C15H28FNO3/c1-3-5-6-8-13(16)9-7-10-14(18)17(11-4-2)12-15(19)20/h13H,3-12H2,1-2H3,(H,19,20). The summed E-state index contributed by atoms with van der Waals surface area (Å²) in [5.74, 6) is -1.19. The maximum absolute atomic E-state index is 13.5. The summed E-state index contributed by atoms with van der Waals surface area (Å²) in [6.07, 6.45) is 4.59. The van der Waals surface area contributed by atoms with E-state index in [0.29, 0.717) is 25.8 Å². The first-order valence-electron chi connectivity index (χ1n) is 7.64. The molecule has 20 heavy (non-hydrogen) atoms. The molecule has 1 unspecified atom stereocenters. The van der Waals surface area contributed by atoms with Gasteiger partial charge in [0, 0.05) is 13.0 Å². The van der Waals surface area contributed by atoms with Gasteiger partial charge in [-0.05, 0) is 25.7 Å². The van der Waals surface area contributed by atoms with Gasteiger partial charge in [0.05, 0.1) is 0 Å². The van der Waals surface area contributed by atoms with Crippen molar-refractivity contribution in [3.8, 4) is 0 Å². The number of aliphatic carboxylic acids is 1. The van der Waals surface area contributed by atoms with Gasteiger partial charge < -0.3 is 10.0 Å². The van der Waals surface area contributed by atoms with Crippen molar-refractivity contribution in [2.24, 2.45) is 0 Å². The second-order valence-electron chi connectivity index (χ2n) is 5.19. The van der Waals surface area contributed by atoms with Gasteiger partial charge in [-0.25, -0.2) is 4.39 Å². The highest BCUT2D eigenvalue weighted by Gasteiger charge is 2.16. The molecule has 0 heterocycles. The Balaban J connectivity index is 3.90. The second kappa shape index (κ2) is 11.7. The molecule has 5 heteroatoms. The van der Waals surface area contributed by atoms with Crippen molar-refractivity contribution < 1.29 is 19.1 Å². The highest BCUT2D eigenvalue weighted by Crippen LogP contribution is 2.13. The van der Waals surface area contributed by atoms with Crippen molar-refractivity contribution in [3.63, 3.8) is 0 Å². The van der Waals surface area contributed by atoms with E-state index in [1.807, 2.05) is 6.92 Å². The maximum Gasteiger partial charge on any atom is 0.323 e. The molecular formula is C15H28FNO3. The number of halogens is 1. The minimum Gasteiger partial charge on any atom is -0.480 e. The summed E-state index contributed by atoms with van der Waals surface area (Å²) >= 11 is 0. The van der Waals surface area contributed by atoms with Crippen LogP contribution in [0.2, 0.25) is 0 Å². The van der Waals surface area contributed by atoms with E-state index in [9.17, 15) is 14.0 Å². The molecule has 1 amide bonds. The van der Waals surface area contributed by atoms with Crippen LogP contribution in [0.1, 0.15) is 65.2 Å². The lowest BCUT2D eigenvalue weighted by atomic mass is 10.1. The molecule has 118 valence electrons. The molecule has 0 aliphatic carbocycles. The third-order valence-electron chi connectivity index (χ3n) is 3.20. The number of nitrogens with zero attached hydrogens (tertiary/aromatic N) is 1. The second-order valence-corrected chi connectivity index (χ2v) is 5.19. The Labute approximate surface area is 121 Å². The number of amides is 1. The molecule has 0 aromatic heterocycles. The number of alkyl halides is 1. The Morgan fingerprint density at radius 1 is 1.10 bits per heavy atom. The lowest BCUT2D eigenvalue weighted by molar-refractivity contribution is -0.144. The van der Waals surface area contributed by atoms with Crippen LogP contribution in [0.25, 0.3) is 0 Å². The molecule has 0 rings (SSSR count). The van der Waals surface area contributed by atoms with Crippen molar-refractivity contribution >= 4 is 11.9 Å². The highest BCUT2D eigenvalue weighted by atomic mass is 19.1. The zero-order valence-corrected chi connectivity index (χ0v) is 12.7. The normalized spacial score (nSPS) is 12.2. The van der Waals surface area contributed by atoms with Crippen molar-refractivity contribution in [1.29, 1.82) is 0 Å². The first-order chi connectivity index (χ1) is 9.51. The van der Waals surface area contributed by atoms with Crippen LogP contribution in [0.15, 0.2) is 0 Å². The molecular weight excluding hydrogens is 261 g/mol. The fourth-order valence-corrected chi connectivity index (χ4v) is 2.12. The Hall–Kier alpha value is -1.13. The average molecular weight is 289 g/mol. The fraction of sp³-hybridized carbons (Fsp3) is 0.867. The van der Waals surface area contributed by atoms with Crippen LogP contribution < -0.4 is 0 Å². The molecule has 0 aromatic carbocycles. The van der Waals surface area contributed by atoms with Crippen molar-refractivity contribution in [1.82, 2.24) is 4.90 Å². The number of hydrogen-bond acceptors (Lipinski definition) is 2. The van der Waals surface area contributed by atoms with Crippen LogP contribution >= 0.6 is 0 Å². The van der Waals surface area contributed by atoms with E-state index in [4.69, 9.17) is 5.11 Å². The average Bonchev–Trinajstić information content (AvgIpc) is 2.38. The third kappa shape index (κ3) is 9.75. The van der Waals surface area contributed by atoms with E-state index in [2.05, 4.69) is 6.92 Å². The van der Waals surface area contributed by atoms with E-state index in [1.54, 1.807) is 0 Å². The van der Waals surface area contributed by atoms with E-state index >= 15 is 0 Å². The summed E-state index contributed by atoms with van der Waals surface area (Å²) in [4.78, 5) is 23.9. The maximum atomic E-state index is 13.5. The smallest absolute Gasteiger partial charge is 0.323 e.